The minimum absolute atomic E-state index is 0.164. The average molecular weight is 349 g/mol. The zero-order valence-corrected chi connectivity index (χ0v) is 15.8. The molecule has 0 aliphatic rings. The molecule has 0 saturated carbocycles. The molecule has 2 N–H and O–H groups in total. The van der Waals surface area contributed by atoms with Crippen LogP contribution < -0.4 is 10.6 Å². The second kappa shape index (κ2) is 9.49. The van der Waals surface area contributed by atoms with Crippen LogP contribution in [-0.4, -0.2) is 38.0 Å². The summed E-state index contributed by atoms with van der Waals surface area (Å²) in [4.78, 5) is 9.54. The van der Waals surface area contributed by atoms with Crippen molar-refractivity contribution in [2.24, 2.45) is 4.99 Å². The molecule has 0 fully saturated rings. The van der Waals surface area contributed by atoms with Crippen LogP contribution in [0.3, 0.4) is 0 Å². The smallest absolute Gasteiger partial charge is 0.191 e. The highest BCUT2D eigenvalue weighted by Crippen LogP contribution is 2.18. The van der Waals surface area contributed by atoms with Crippen molar-refractivity contribution in [3.63, 3.8) is 0 Å². The van der Waals surface area contributed by atoms with Crippen molar-refractivity contribution >= 4 is 17.3 Å². The van der Waals surface area contributed by atoms with Crippen molar-refractivity contribution in [1.29, 1.82) is 0 Å². The number of aliphatic imine (C=N–C) groups is 1. The second-order valence-corrected chi connectivity index (χ2v) is 7.05. The Morgan fingerprint density at radius 3 is 2.58 bits per heavy atom. The van der Waals surface area contributed by atoms with Crippen LogP contribution >= 0.6 is 11.3 Å². The van der Waals surface area contributed by atoms with E-state index < -0.39 is 0 Å². The van der Waals surface area contributed by atoms with Crippen LogP contribution in [0.2, 0.25) is 0 Å². The Bertz CT molecular complexity index is 619. The molecule has 2 heterocycles. The Labute approximate surface area is 148 Å². The second-order valence-electron chi connectivity index (χ2n) is 5.79. The van der Waals surface area contributed by atoms with E-state index in [0.29, 0.717) is 6.54 Å². The minimum Gasteiger partial charge on any atom is -0.468 e. The topological polar surface area (TPSA) is 52.8 Å². The molecule has 0 radical (unpaired) electrons. The first-order chi connectivity index (χ1) is 11.6. The fraction of sp³-hybridized carbons (Fsp3) is 0.500. The van der Waals surface area contributed by atoms with Gasteiger partial charge in [0.2, 0.25) is 0 Å². The molecule has 132 valence electrons. The molecule has 2 rings (SSSR count). The lowest BCUT2D eigenvalue weighted by Crippen LogP contribution is -2.41. The van der Waals surface area contributed by atoms with E-state index in [1.165, 1.54) is 9.75 Å². The lowest BCUT2D eigenvalue weighted by Gasteiger charge is -2.23. The Kier molecular flexibility index (Phi) is 7.34. The molecule has 0 bridgehead atoms. The van der Waals surface area contributed by atoms with Gasteiger partial charge in [-0.05, 0) is 51.7 Å². The van der Waals surface area contributed by atoms with E-state index in [1.54, 1.807) is 6.26 Å². The maximum Gasteiger partial charge on any atom is 0.191 e. The lowest BCUT2D eigenvalue weighted by atomic mass is 10.2. The largest absolute Gasteiger partial charge is 0.468 e. The third-order valence-corrected chi connectivity index (χ3v) is 4.98. The summed E-state index contributed by atoms with van der Waals surface area (Å²) in [5, 5.41) is 6.73. The number of hydrogen-bond acceptors (Lipinski definition) is 4. The van der Waals surface area contributed by atoms with Crippen LogP contribution in [-0.2, 0) is 13.0 Å². The number of likely N-dealkylation sites (N-methyl/N-ethyl adjacent to an activating group) is 1. The van der Waals surface area contributed by atoms with Crippen molar-refractivity contribution in [2.45, 2.75) is 32.9 Å². The Balaban J connectivity index is 1.97. The van der Waals surface area contributed by atoms with Crippen LogP contribution in [0.15, 0.2) is 39.9 Å². The van der Waals surface area contributed by atoms with E-state index in [2.05, 4.69) is 55.6 Å². The van der Waals surface area contributed by atoms with Gasteiger partial charge in [0.25, 0.3) is 0 Å². The molecule has 0 aliphatic heterocycles. The zero-order valence-electron chi connectivity index (χ0n) is 15.0. The molecule has 0 aromatic carbocycles. The van der Waals surface area contributed by atoms with E-state index in [1.807, 2.05) is 23.5 Å². The molecule has 0 amide bonds. The van der Waals surface area contributed by atoms with Gasteiger partial charge in [-0.1, -0.05) is 6.92 Å². The first kappa shape index (κ1) is 18.5. The first-order valence-electron chi connectivity index (χ1n) is 8.43. The molecule has 2 aromatic heterocycles. The molecule has 24 heavy (non-hydrogen) atoms. The minimum atomic E-state index is 0.164. The number of aryl methyl sites for hydroxylation is 1. The van der Waals surface area contributed by atoms with Crippen molar-refractivity contribution in [2.75, 3.05) is 27.2 Å². The highest BCUT2D eigenvalue weighted by molar-refractivity contribution is 7.11. The first-order valence-corrected chi connectivity index (χ1v) is 9.25. The standard InChI is InChI=1S/C18H28N4OS/c1-5-14-9-10-15(24-14)12-20-18(19-6-2)21-13-16(22(3)4)17-8-7-11-23-17/h7-11,16H,5-6,12-13H2,1-4H3,(H2,19,20,21). The summed E-state index contributed by atoms with van der Waals surface area (Å²) in [5.41, 5.74) is 0. The quantitative estimate of drug-likeness (QED) is 0.568. The van der Waals surface area contributed by atoms with Gasteiger partial charge in [0.05, 0.1) is 18.8 Å². The van der Waals surface area contributed by atoms with Gasteiger partial charge in [-0.3, -0.25) is 4.90 Å². The molecule has 1 atom stereocenters. The number of nitrogens with zero attached hydrogens (tertiary/aromatic N) is 2. The number of rotatable bonds is 8. The summed E-state index contributed by atoms with van der Waals surface area (Å²) in [6.45, 7) is 6.53. The molecule has 0 spiro atoms. The van der Waals surface area contributed by atoms with Crippen molar-refractivity contribution in [3.8, 4) is 0 Å². The van der Waals surface area contributed by atoms with Gasteiger partial charge in [-0.15, -0.1) is 11.3 Å². The third kappa shape index (κ3) is 5.39. The predicted molar refractivity (Wildman–Crippen MR) is 102 cm³/mol. The van der Waals surface area contributed by atoms with Gasteiger partial charge in [0.15, 0.2) is 5.96 Å². The number of furan rings is 1. The monoisotopic (exact) mass is 348 g/mol. The maximum atomic E-state index is 5.55. The van der Waals surface area contributed by atoms with Crippen LogP contribution in [0, 0.1) is 0 Å². The van der Waals surface area contributed by atoms with Gasteiger partial charge in [-0.25, -0.2) is 4.99 Å². The molecule has 1 unspecified atom stereocenters. The van der Waals surface area contributed by atoms with Crippen molar-refractivity contribution in [3.05, 3.63) is 46.0 Å². The average Bonchev–Trinajstić information content (AvgIpc) is 3.24. The number of nitrogens with one attached hydrogen (secondary N) is 2. The molecule has 5 nitrogen and oxygen atoms in total. The number of guanidine groups is 1. The molecular formula is C18H28N4OS. The van der Waals surface area contributed by atoms with E-state index in [4.69, 9.17) is 9.41 Å². The van der Waals surface area contributed by atoms with Gasteiger partial charge in [0.1, 0.15) is 5.76 Å². The van der Waals surface area contributed by atoms with Crippen LogP contribution in [0.5, 0.6) is 0 Å². The van der Waals surface area contributed by atoms with E-state index in [0.717, 1.165) is 31.2 Å². The lowest BCUT2D eigenvalue weighted by molar-refractivity contribution is 0.258. The third-order valence-electron chi connectivity index (χ3n) is 3.76. The molecule has 6 heteroatoms. The fourth-order valence-corrected chi connectivity index (χ4v) is 3.29. The van der Waals surface area contributed by atoms with Gasteiger partial charge < -0.3 is 15.1 Å². The van der Waals surface area contributed by atoms with Gasteiger partial charge >= 0.3 is 0 Å². The van der Waals surface area contributed by atoms with Crippen LogP contribution in [0.4, 0.5) is 0 Å². The molecule has 0 saturated heterocycles. The molecule has 0 aliphatic carbocycles. The van der Waals surface area contributed by atoms with E-state index in [-0.39, 0.29) is 6.04 Å². The molecule has 2 aromatic rings. The zero-order chi connectivity index (χ0) is 17.4. The maximum absolute atomic E-state index is 5.55. The van der Waals surface area contributed by atoms with Gasteiger partial charge in [-0.2, -0.15) is 0 Å². The summed E-state index contributed by atoms with van der Waals surface area (Å²) in [6.07, 6.45) is 2.80. The summed E-state index contributed by atoms with van der Waals surface area (Å²) in [6, 6.07) is 8.45. The molecular weight excluding hydrogens is 320 g/mol. The van der Waals surface area contributed by atoms with Crippen molar-refractivity contribution < 1.29 is 4.42 Å². The SMILES string of the molecule is CCNC(=NCc1ccc(CC)s1)NCC(c1ccco1)N(C)C. The Morgan fingerprint density at radius 2 is 2.00 bits per heavy atom. The van der Waals surface area contributed by atoms with E-state index in [9.17, 15) is 0 Å². The highest BCUT2D eigenvalue weighted by Gasteiger charge is 2.17. The van der Waals surface area contributed by atoms with Crippen molar-refractivity contribution in [1.82, 2.24) is 15.5 Å². The highest BCUT2D eigenvalue weighted by atomic mass is 32.1. The summed E-state index contributed by atoms with van der Waals surface area (Å²) in [7, 11) is 4.10. The number of hydrogen-bond donors (Lipinski definition) is 2. The Morgan fingerprint density at radius 1 is 1.21 bits per heavy atom. The van der Waals surface area contributed by atoms with Crippen LogP contribution in [0.25, 0.3) is 0 Å². The van der Waals surface area contributed by atoms with Crippen LogP contribution in [0.1, 0.15) is 35.4 Å². The summed E-state index contributed by atoms with van der Waals surface area (Å²) >= 11 is 1.83. The summed E-state index contributed by atoms with van der Waals surface area (Å²) < 4.78 is 5.55. The Hall–Kier alpha value is -1.79. The number of thiophene rings is 1. The van der Waals surface area contributed by atoms with E-state index >= 15 is 0 Å². The fourth-order valence-electron chi connectivity index (χ4n) is 2.41. The van der Waals surface area contributed by atoms with Gasteiger partial charge in [0, 0.05) is 22.8 Å². The summed E-state index contributed by atoms with van der Waals surface area (Å²) in [5.74, 6) is 1.79. The normalized spacial score (nSPS) is 13.3. The predicted octanol–water partition coefficient (Wildman–Crippen LogP) is 3.26.